The van der Waals surface area contributed by atoms with Gasteiger partial charge in [-0.3, -0.25) is 0 Å². The molecule has 114 valence electrons. The Hall–Kier alpha value is -0.650. The Morgan fingerprint density at radius 2 is 2.30 bits per heavy atom. The van der Waals surface area contributed by atoms with Crippen molar-refractivity contribution in [3.05, 3.63) is 10.6 Å². The molecule has 5 heteroatoms. The molecule has 0 amide bonds. The van der Waals surface area contributed by atoms with Gasteiger partial charge in [-0.05, 0) is 32.2 Å². The van der Waals surface area contributed by atoms with E-state index in [-0.39, 0.29) is 0 Å². The predicted octanol–water partition coefficient (Wildman–Crippen LogP) is 2.85. The Bertz CT molecular complexity index is 419. The van der Waals surface area contributed by atoms with E-state index >= 15 is 0 Å². The fraction of sp³-hybridized carbons (Fsp3) is 0.800. The standard InChI is InChI=1S/C15H27N3OS/c1-11(2)10-18(8-9-19-4)15-17-14-12(16-3)6-5-7-13(14)20-15/h11-12,16H,5-10H2,1-4H3. The van der Waals surface area contributed by atoms with Crippen LogP contribution in [-0.2, 0) is 11.2 Å². The van der Waals surface area contributed by atoms with Gasteiger partial charge in [-0.1, -0.05) is 13.8 Å². The van der Waals surface area contributed by atoms with Gasteiger partial charge < -0.3 is 15.0 Å². The summed E-state index contributed by atoms with van der Waals surface area (Å²) in [7, 11) is 3.80. The van der Waals surface area contributed by atoms with E-state index in [0.29, 0.717) is 12.0 Å². The van der Waals surface area contributed by atoms with E-state index < -0.39 is 0 Å². The number of hydrogen-bond donors (Lipinski definition) is 1. The van der Waals surface area contributed by atoms with Gasteiger partial charge in [0.25, 0.3) is 0 Å². The van der Waals surface area contributed by atoms with Crippen molar-refractivity contribution in [2.75, 3.05) is 38.8 Å². The molecule has 0 aromatic carbocycles. The number of fused-ring (bicyclic) bond motifs is 1. The number of aryl methyl sites for hydroxylation is 1. The molecule has 4 nitrogen and oxygen atoms in total. The van der Waals surface area contributed by atoms with Crippen molar-refractivity contribution in [2.24, 2.45) is 5.92 Å². The summed E-state index contributed by atoms with van der Waals surface area (Å²) >= 11 is 1.87. The van der Waals surface area contributed by atoms with Crippen LogP contribution >= 0.6 is 11.3 Å². The molecule has 0 aliphatic heterocycles. The molecule has 2 rings (SSSR count). The van der Waals surface area contributed by atoms with Gasteiger partial charge in [-0.2, -0.15) is 0 Å². The number of aromatic nitrogens is 1. The first kappa shape index (κ1) is 15.7. The maximum Gasteiger partial charge on any atom is 0.185 e. The fourth-order valence-corrected chi connectivity index (χ4v) is 3.93. The summed E-state index contributed by atoms with van der Waals surface area (Å²) in [5.41, 5.74) is 1.28. The van der Waals surface area contributed by atoms with Crippen LogP contribution in [0.15, 0.2) is 0 Å². The van der Waals surface area contributed by atoms with Crippen molar-refractivity contribution in [1.29, 1.82) is 0 Å². The molecule has 1 aromatic heterocycles. The summed E-state index contributed by atoms with van der Waals surface area (Å²) in [4.78, 5) is 8.78. The van der Waals surface area contributed by atoms with Crippen LogP contribution in [0, 0.1) is 5.92 Å². The van der Waals surface area contributed by atoms with Crippen molar-refractivity contribution < 1.29 is 4.74 Å². The zero-order valence-electron chi connectivity index (χ0n) is 13.1. The minimum Gasteiger partial charge on any atom is -0.383 e. The quantitative estimate of drug-likeness (QED) is 0.840. The number of hydrogen-bond acceptors (Lipinski definition) is 5. The monoisotopic (exact) mass is 297 g/mol. The molecule has 0 spiro atoms. The highest BCUT2D eigenvalue weighted by Gasteiger charge is 2.25. The Morgan fingerprint density at radius 1 is 1.50 bits per heavy atom. The summed E-state index contributed by atoms with van der Waals surface area (Å²) in [6, 6.07) is 0.437. The molecular weight excluding hydrogens is 270 g/mol. The van der Waals surface area contributed by atoms with Crippen molar-refractivity contribution in [1.82, 2.24) is 10.3 Å². The number of rotatable bonds is 7. The largest absolute Gasteiger partial charge is 0.383 e. The fourth-order valence-electron chi connectivity index (χ4n) is 2.73. The van der Waals surface area contributed by atoms with Gasteiger partial charge in [-0.15, -0.1) is 11.3 Å². The zero-order chi connectivity index (χ0) is 14.5. The first-order valence-electron chi connectivity index (χ1n) is 7.56. The van der Waals surface area contributed by atoms with E-state index in [0.717, 1.165) is 19.7 Å². The highest BCUT2D eigenvalue weighted by molar-refractivity contribution is 7.15. The molecule has 0 saturated carbocycles. The van der Waals surface area contributed by atoms with Crippen LogP contribution in [0.2, 0.25) is 0 Å². The molecular formula is C15H27N3OS. The van der Waals surface area contributed by atoms with Crippen molar-refractivity contribution >= 4 is 16.5 Å². The average Bonchev–Trinajstić information content (AvgIpc) is 2.86. The van der Waals surface area contributed by atoms with Crippen LogP contribution < -0.4 is 10.2 Å². The predicted molar refractivity (Wildman–Crippen MR) is 85.8 cm³/mol. The molecule has 1 aliphatic rings. The SMILES string of the molecule is CNC1CCCc2sc(N(CCOC)CC(C)C)nc21. The summed E-state index contributed by atoms with van der Waals surface area (Å²) in [6.45, 7) is 7.23. The summed E-state index contributed by atoms with van der Waals surface area (Å²) in [5, 5.41) is 4.57. The van der Waals surface area contributed by atoms with Crippen molar-refractivity contribution in [3.8, 4) is 0 Å². The Kier molecular flexibility index (Phi) is 5.81. The number of methoxy groups -OCH3 is 1. The van der Waals surface area contributed by atoms with E-state index in [1.807, 2.05) is 18.4 Å². The highest BCUT2D eigenvalue weighted by atomic mass is 32.1. The van der Waals surface area contributed by atoms with Gasteiger partial charge in [0.15, 0.2) is 5.13 Å². The second-order valence-electron chi connectivity index (χ2n) is 5.87. The topological polar surface area (TPSA) is 37.4 Å². The molecule has 1 atom stereocenters. The molecule has 0 fully saturated rings. The van der Waals surface area contributed by atoms with Crippen LogP contribution in [-0.4, -0.2) is 38.8 Å². The summed E-state index contributed by atoms with van der Waals surface area (Å²) in [6.07, 6.45) is 3.66. The maximum absolute atomic E-state index is 5.24. The van der Waals surface area contributed by atoms with Gasteiger partial charge >= 0.3 is 0 Å². The minimum atomic E-state index is 0.437. The lowest BCUT2D eigenvalue weighted by molar-refractivity contribution is 0.204. The van der Waals surface area contributed by atoms with E-state index in [4.69, 9.17) is 9.72 Å². The van der Waals surface area contributed by atoms with E-state index in [1.54, 1.807) is 7.11 Å². The molecule has 0 bridgehead atoms. The van der Waals surface area contributed by atoms with E-state index in [9.17, 15) is 0 Å². The van der Waals surface area contributed by atoms with Crippen molar-refractivity contribution in [2.45, 2.75) is 39.2 Å². The third-order valence-corrected chi connectivity index (χ3v) is 4.90. The lowest BCUT2D eigenvalue weighted by atomic mass is 9.98. The molecule has 0 saturated heterocycles. The summed E-state index contributed by atoms with van der Waals surface area (Å²) < 4.78 is 5.24. The number of nitrogens with one attached hydrogen (secondary N) is 1. The van der Waals surface area contributed by atoms with Gasteiger partial charge in [-0.25, -0.2) is 4.98 Å². The third kappa shape index (κ3) is 3.71. The average molecular weight is 297 g/mol. The van der Waals surface area contributed by atoms with Gasteiger partial charge in [0, 0.05) is 25.1 Å². The molecule has 1 aliphatic carbocycles. The van der Waals surface area contributed by atoms with Crippen LogP contribution in [0.3, 0.4) is 0 Å². The number of nitrogens with zero attached hydrogens (tertiary/aromatic N) is 2. The number of anilines is 1. The molecule has 1 aromatic rings. The molecule has 0 radical (unpaired) electrons. The van der Waals surface area contributed by atoms with Crippen LogP contribution in [0.25, 0.3) is 0 Å². The molecule has 1 heterocycles. The maximum atomic E-state index is 5.24. The smallest absolute Gasteiger partial charge is 0.185 e. The molecule has 20 heavy (non-hydrogen) atoms. The lowest BCUT2D eigenvalue weighted by Gasteiger charge is -2.23. The van der Waals surface area contributed by atoms with E-state index in [2.05, 4.69) is 24.1 Å². The number of ether oxygens (including phenoxy) is 1. The van der Waals surface area contributed by atoms with Crippen LogP contribution in [0.5, 0.6) is 0 Å². The van der Waals surface area contributed by atoms with Gasteiger partial charge in [0.05, 0.1) is 18.3 Å². The second-order valence-corrected chi connectivity index (χ2v) is 6.93. The molecule has 1 N–H and O–H groups in total. The Balaban J connectivity index is 2.18. The van der Waals surface area contributed by atoms with Crippen molar-refractivity contribution in [3.63, 3.8) is 0 Å². The van der Waals surface area contributed by atoms with Gasteiger partial charge in [0.2, 0.25) is 0 Å². The van der Waals surface area contributed by atoms with Crippen LogP contribution in [0.1, 0.15) is 43.3 Å². The molecule has 1 unspecified atom stereocenters. The summed E-state index contributed by atoms with van der Waals surface area (Å²) in [5.74, 6) is 0.632. The van der Waals surface area contributed by atoms with Crippen LogP contribution in [0.4, 0.5) is 5.13 Å². The Labute approximate surface area is 126 Å². The van der Waals surface area contributed by atoms with Gasteiger partial charge in [0.1, 0.15) is 0 Å². The lowest BCUT2D eigenvalue weighted by Crippen LogP contribution is -2.31. The normalized spacial score (nSPS) is 18.4. The van der Waals surface area contributed by atoms with E-state index in [1.165, 1.54) is 35.0 Å². The second kappa shape index (κ2) is 7.38. The minimum absolute atomic E-state index is 0.437. The zero-order valence-corrected chi connectivity index (χ0v) is 13.9. The highest BCUT2D eigenvalue weighted by Crippen LogP contribution is 2.36. The first-order chi connectivity index (χ1) is 9.65. The third-order valence-electron chi connectivity index (χ3n) is 3.71. The first-order valence-corrected chi connectivity index (χ1v) is 8.38. The number of thiazole rings is 1. The Morgan fingerprint density at radius 3 is 2.95 bits per heavy atom.